The number of carboxylic acid groups (broad SMARTS) is 1. The van der Waals surface area contributed by atoms with Crippen molar-refractivity contribution in [3.63, 3.8) is 0 Å². The molecule has 1 aromatic carbocycles. The highest BCUT2D eigenvalue weighted by Gasteiger charge is 2.10. The molecule has 2 N–H and O–H groups in total. The van der Waals surface area contributed by atoms with Crippen LogP contribution < -0.4 is 5.32 Å². The first-order chi connectivity index (χ1) is 9.47. The number of nitrogens with one attached hydrogen (secondary N) is 1. The number of carboxylic acids is 1. The summed E-state index contributed by atoms with van der Waals surface area (Å²) in [5.41, 5.74) is 1.29. The lowest BCUT2D eigenvalue weighted by atomic mass is 10.2. The largest absolute Gasteiger partial charge is 0.476 e. The van der Waals surface area contributed by atoms with Crippen molar-refractivity contribution in [3.05, 3.63) is 46.7 Å². The molecule has 104 valence electrons. The minimum Gasteiger partial charge on any atom is -0.476 e. The molecule has 2 rings (SSSR count). The summed E-state index contributed by atoms with van der Waals surface area (Å²) in [7, 11) is 0. The molecular formula is C13H12ClN3O3. The summed E-state index contributed by atoms with van der Waals surface area (Å²) < 4.78 is 1.26. The monoisotopic (exact) mass is 293 g/mol. The Morgan fingerprint density at radius 1 is 1.40 bits per heavy atom. The lowest BCUT2D eigenvalue weighted by Gasteiger charge is -2.09. The second-order valence-corrected chi connectivity index (χ2v) is 4.57. The standard InChI is InChI=1S/C13H12ClN3O3/c1-8-9(14)3-2-4-10(8)15-12(18)7-17-6-5-11(16-17)13(19)20/h2-6H,7H2,1H3,(H,15,18)(H,19,20). The molecule has 0 fully saturated rings. The molecule has 7 heteroatoms. The van der Waals surface area contributed by atoms with E-state index in [0.717, 1.165) is 5.56 Å². The highest BCUT2D eigenvalue weighted by Crippen LogP contribution is 2.22. The molecular weight excluding hydrogens is 282 g/mol. The van der Waals surface area contributed by atoms with Crippen molar-refractivity contribution in [3.8, 4) is 0 Å². The molecule has 0 bridgehead atoms. The van der Waals surface area contributed by atoms with Gasteiger partial charge in [-0.25, -0.2) is 4.79 Å². The quantitative estimate of drug-likeness (QED) is 0.905. The second kappa shape index (κ2) is 5.75. The maximum absolute atomic E-state index is 11.9. The molecule has 0 radical (unpaired) electrons. The van der Waals surface area contributed by atoms with Crippen molar-refractivity contribution in [1.29, 1.82) is 0 Å². The van der Waals surface area contributed by atoms with Gasteiger partial charge >= 0.3 is 5.97 Å². The van der Waals surface area contributed by atoms with E-state index in [1.165, 1.54) is 16.9 Å². The van der Waals surface area contributed by atoms with E-state index in [1.54, 1.807) is 25.1 Å². The minimum atomic E-state index is -1.13. The van der Waals surface area contributed by atoms with Crippen LogP contribution in [0.4, 0.5) is 5.69 Å². The van der Waals surface area contributed by atoms with Crippen molar-refractivity contribution in [2.75, 3.05) is 5.32 Å². The molecule has 1 aromatic heterocycles. The van der Waals surface area contributed by atoms with Crippen LogP contribution in [0.1, 0.15) is 16.1 Å². The number of amides is 1. The van der Waals surface area contributed by atoms with E-state index >= 15 is 0 Å². The summed E-state index contributed by atoms with van der Waals surface area (Å²) in [6.07, 6.45) is 1.44. The fourth-order valence-electron chi connectivity index (χ4n) is 1.64. The van der Waals surface area contributed by atoms with Crippen LogP contribution in [-0.4, -0.2) is 26.8 Å². The maximum Gasteiger partial charge on any atom is 0.356 e. The minimum absolute atomic E-state index is 0.0702. The number of hydrogen-bond donors (Lipinski definition) is 2. The van der Waals surface area contributed by atoms with Gasteiger partial charge in [-0.2, -0.15) is 5.10 Å². The van der Waals surface area contributed by atoms with Crippen LogP contribution in [-0.2, 0) is 11.3 Å². The third-order valence-electron chi connectivity index (χ3n) is 2.71. The third kappa shape index (κ3) is 3.16. The van der Waals surface area contributed by atoms with E-state index in [0.29, 0.717) is 10.7 Å². The van der Waals surface area contributed by atoms with Gasteiger partial charge in [-0.3, -0.25) is 9.48 Å². The summed E-state index contributed by atoms with van der Waals surface area (Å²) in [5, 5.41) is 15.8. The molecule has 1 amide bonds. The third-order valence-corrected chi connectivity index (χ3v) is 3.12. The number of aromatic nitrogens is 2. The molecule has 1 heterocycles. The van der Waals surface area contributed by atoms with Gasteiger partial charge in [-0.15, -0.1) is 0 Å². The molecule has 20 heavy (non-hydrogen) atoms. The molecule has 0 aliphatic carbocycles. The molecule has 0 saturated heterocycles. The average Bonchev–Trinajstić information content (AvgIpc) is 2.83. The fourth-order valence-corrected chi connectivity index (χ4v) is 1.82. The molecule has 0 spiro atoms. The highest BCUT2D eigenvalue weighted by molar-refractivity contribution is 6.31. The summed E-state index contributed by atoms with van der Waals surface area (Å²) in [5.74, 6) is -1.44. The lowest BCUT2D eigenvalue weighted by Crippen LogP contribution is -2.20. The number of anilines is 1. The van der Waals surface area contributed by atoms with Crippen LogP contribution in [0.2, 0.25) is 5.02 Å². The fraction of sp³-hybridized carbons (Fsp3) is 0.154. The van der Waals surface area contributed by atoms with E-state index in [1.807, 2.05) is 0 Å². The molecule has 6 nitrogen and oxygen atoms in total. The van der Waals surface area contributed by atoms with Gasteiger partial charge in [0, 0.05) is 16.9 Å². The lowest BCUT2D eigenvalue weighted by molar-refractivity contribution is -0.116. The number of rotatable bonds is 4. The second-order valence-electron chi connectivity index (χ2n) is 4.16. The Hall–Kier alpha value is -2.34. The van der Waals surface area contributed by atoms with Gasteiger partial charge in [0.25, 0.3) is 0 Å². The molecule has 0 atom stereocenters. The van der Waals surface area contributed by atoms with Crippen molar-refractivity contribution < 1.29 is 14.7 Å². The molecule has 0 aliphatic heterocycles. The average molecular weight is 294 g/mol. The van der Waals surface area contributed by atoms with Gasteiger partial charge in [-0.1, -0.05) is 17.7 Å². The van der Waals surface area contributed by atoms with Crippen molar-refractivity contribution in [2.24, 2.45) is 0 Å². The number of hydrogen-bond acceptors (Lipinski definition) is 3. The highest BCUT2D eigenvalue weighted by atomic mass is 35.5. The van der Waals surface area contributed by atoms with Crippen LogP contribution in [0.3, 0.4) is 0 Å². The smallest absolute Gasteiger partial charge is 0.356 e. The summed E-state index contributed by atoms with van der Waals surface area (Å²) in [6.45, 7) is 1.73. The van der Waals surface area contributed by atoms with Gasteiger partial charge in [0.05, 0.1) is 0 Å². The van der Waals surface area contributed by atoms with Crippen LogP contribution >= 0.6 is 11.6 Å². The van der Waals surface area contributed by atoms with Crippen molar-refractivity contribution in [2.45, 2.75) is 13.5 Å². The van der Waals surface area contributed by atoms with Crippen LogP contribution in [0.5, 0.6) is 0 Å². The van der Waals surface area contributed by atoms with Crippen molar-refractivity contribution in [1.82, 2.24) is 9.78 Å². The van der Waals surface area contributed by atoms with Crippen molar-refractivity contribution >= 4 is 29.2 Å². The Bertz CT molecular complexity index is 667. The van der Waals surface area contributed by atoms with Gasteiger partial charge in [-0.05, 0) is 30.7 Å². The SMILES string of the molecule is Cc1c(Cl)cccc1NC(=O)Cn1ccc(C(=O)O)n1. The van der Waals surface area contributed by atoms with Crippen LogP contribution in [0.25, 0.3) is 0 Å². The summed E-state index contributed by atoms with van der Waals surface area (Å²) in [6, 6.07) is 6.55. The first-order valence-electron chi connectivity index (χ1n) is 5.79. The van der Waals surface area contributed by atoms with E-state index in [-0.39, 0.29) is 18.1 Å². The normalized spacial score (nSPS) is 10.3. The van der Waals surface area contributed by atoms with Crippen LogP contribution in [0, 0.1) is 6.92 Å². The number of carbonyl (C=O) groups is 2. The first kappa shape index (κ1) is 14.1. The number of halogens is 1. The molecule has 0 saturated carbocycles. The first-order valence-corrected chi connectivity index (χ1v) is 6.17. The zero-order valence-corrected chi connectivity index (χ0v) is 11.4. The summed E-state index contributed by atoms with van der Waals surface area (Å²) in [4.78, 5) is 22.5. The predicted octanol–water partition coefficient (Wildman–Crippen LogP) is 2.18. The Kier molecular flexibility index (Phi) is 4.05. The molecule has 2 aromatic rings. The summed E-state index contributed by atoms with van der Waals surface area (Å²) >= 11 is 5.96. The van der Waals surface area contributed by atoms with Gasteiger partial charge in [0.1, 0.15) is 6.54 Å². The van der Waals surface area contributed by atoms with E-state index < -0.39 is 5.97 Å². The Morgan fingerprint density at radius 2 is 2.15 bits per heavy atom. The zero-order valence-electron chi connectivity index (χ0n) is 10.6. The van der Waals surface area contributed by atoms with E-state index in [9.17, 15) is 9.59 Å². The zero-order chi connectivity index (χ0) is 14.7. The van der Waals surface area contributed by atoms with Gasteiger partial charge < -0.3 is 10.4 Å². The van der Waals surface area contributed by atoms with E-state index in [2.05, 4.69) is 10.4 Å². The molecule has 0 unspecified atom stereocenters. The topological polar surface area (TPSA) is 84.2 Å². The number of carbonyl (C=O) groups excluding carboxylic acids is 1. The van der Waals surface area contributed by atoms with Gasteiger partial charge in [0.15, 0.2) is 5.69 Å². The van der Waals surface area contributed by atoms with Gasteiger partial charge in [0.2, 0.25) is 5.91 Å². The number of aromatic carboxylic acids is 1. The number of benzene rings is 1. The Labute approximate surface area is 120 Å². The number of nitrogens with zero attached hydrogens (tertiary/aromatic N) is 2. The molecule has 0 aliphatic rings. The maximum atomic E-state index is 11.9. The van der Waals surface area contributed by atoms with E-state index in [4.69, 9.17) is 16.7 Å². The Balaban J connectivity index is 2.05. The predicted molar refractivity (Wildman–Crippen MR) is 74.0 cm³/mol. The Morgan fingerprint density at radius 3 is 2.80 bits per heavy atom. The van der Waals surface area contributed by atoms with Crippen LogP contribution in [0.15, 0.2) is 30.5 Å².